The average molecular weight is 1500 g/mol. The summed E-state index contributed by atoms with van der Waals surface area (Å²) in [6.07, 6.45) is 26.7. The number of carbonyl (C=O) groups excluding carboxylic acids is 4. The summed E-state index contributed by atoms with van der Waals surface area (Å²) in [4.78, 5) is 81.6. The fourth-order valence-corrected chi connectivity index (χ4v) is 15.1. The van der Waals surface area contributed by atoms with Crippen molar-refractivity contribution in [2.45, 2.75) is 206 Å². The molecule has 0 amide bonds. The van der Waals surface area contributed by atoms with Crippen molar-refractivity contribution in [3.8, 4) is 11.5 Å². The summed E-state index contributed by atoms with van der Waals surface area (Å²) in [7, 11) is 0. The minimum atomic E-state index is -0.482. The van der Waals surface area contributed by atoms with Crippen LogP contribution in [0.2, 0.25) is 0 Å². The zero-order valence-corrected chi connectivity index (χ0v) is 64.4. The maximum Gasteiger partial charge on any atom is 0.343 e. The Morgan fingerprint density at radius 3 is 1.16 bits per heavy atom. The minimum Gasteiger partial charge on any atom is -0.507 e. The summed E-state index contributed by atoms with van der Waals surface area (Å²) in [5, 5.41) is 42.3. The third-order valence-electron chi connectivity index (χ3n) is 22.4. The van der Waals surface area contributed by atoms with Crippen molar-refractivity contribution in [3.05, 3.63) is 296 Å². The number of nitrogens with zero attached hydrogens (tertiary/aromatic N) is 1. The van der Waals surface area contributed by atoms with Crippen LogP contribution < -0.4 is 22.7 Å². The molecule has 0 spiro atoms. The second kappa shape index (κ2) is 37.6. The summed E-state index contributed by atoms with van der Waals surface area (Å²) >= 11 is 0. The van der Waals surface area contributed by atoms with Gasteiger partial charge in [-0.15, -0.1) is 0 Å². The van der Waals surface area contributed by atoms with Crippen molar-refractivity contribution >= 4 is 40.2 Å². The molecule has 3 atom stereocenters. The number of fused-ring (bicyclic) bond motifs is 2. The molecule has 3 unspecified atom stereocenters. The largest absolute Gasteiger partial charge is 0.507 e. The number of benzene rings is 7. The van der Waals surface area contributed by atoms with E-state index in [1.165, 1.54) is 54.5 Å². The first kappa shape index (κ1) is 80.2. The molecule has 7 N–H and O–H groups in total. The topological polar surface area (TPSA) is 285 Å². The highest BCUT2D eigenvalue weighted by molar-refractivity contribution is 6.01. The number of aliphatic hydroxyl groups excluding tert-OH is 1. The molecule has 16 heteroatoms. The van der Waals surface area contributed by atoms with Gasteiger partial charge in [-0.25, -0.2) is 9.59 Å². The quantitative estimate of drug-likeness (QED) is 0.0245. The van der Waals surface area contributed by atoms with Crippen LogP contribution in [-0.4, -0.2) is 43.4 Å². The van der Waals surface area contributed by atoms with Crippen LogP contribution in [0.15, 0.2) is 194 Å². The van der Waals surface area contributed by atoms with Gasteiger partial charge in [-0.3, -0.25) is 29.3 Å². The van der Waals surface area contributed by atoms with E-state index in [9.17, 15) is 54.2 Å². The molecule has 0 radical (unpaired) electrons. The molecular formula is C95H107N3O13. The Morgan fingerprint density at radius 2 is 0.748 bits per heavy atom. The third-order valence-corrected chi connectivity index (χ3v) is 22.4. The van der Waals surface area contributed by atoms with Gasteiger partial charge in [-0.2, -0.15) is 0 Å². The van der Waals surface area contributed by atoms with Crippen molar-refractivity contribution in [2.75, 3.05) is 11.5 Å². The summed E-state index contributed by atoms with van der Waals surface area (Å²) in [6.45, 7) is 6.14. The average Bonchev–Trinajstić information content (AvgIpc) is 1.70. The van der Waals surface area contributed by atoms with Gasteiger partial charge in [0.15, 0.2) is 23.1 Å². The van der Waals surface area contributed by atoms with Crippen molar-refractivity contribution in [3.63, 3.8) is 0 Å². The SMILES string of the molecule is Cc1cccc(C(=O)C2CC2)c1.Cc1cccc(C(O)C2CC2)c1.Cc1cccc(C(c2c(O)c3c(oc2=O)CCCCCC3)C2CC2)c1.Nc1cccc(C(=O)C2CC2)c1.Nc1cccc(C(c2c(O)c3c(oc2=O)CCCCCC3)C2CC2)c1.O=C(c1cccc([N+](=O)[O-])c1)C1CC1.O=C(c1ccccc1)C1CC1. The second-order valence-corrected chi connectivity index (χ2v) is 32.1. The highest BCUT2D eigenvalue weighted by Gasteiger charge is 2.41. The van der Waals surface area contributed by atoms with Gasteiger partial charge in [0.25, 0.3) is 5.69 Å². The number of nitro benzene ring substituents is 1. The maximum atomic E-state index is 12.8. The van der Waals surface area contributed by atoms with Gasteiger partial charge in [0.1, 0.15) is 23.0 Å². The van der Waals surface area contributed by atoms with Crippen molar-refractivity contribution in [1.29, 1.82) is 0 Å². The summed E-state index contributed by atoms with van der Waals surface area (Å²) in [6, 6.07) is 54.6. The second-order valence-electron chi connectivity index (χ2n) is 32.1. The first-order chi connectivity index (χ1) is 53.7. The Morgan fingerprint density at radius 1 is 0.396 bits per heavy atom. The number of nitrogens with two attached hydrogens (primary N) is 2. The van der Waals surface area contributed by atoms with Gasteiger partial charge in [0, 0.05) is 105 Å². The van der Waals surface area contributed by atoms with Gasteiger partial charge in [-0.1, -0.05) is 176 Å². The molecule has 16 nitrogen and oxygen atoms in total. The molecule has 9 aliphatic carbocycles. The van der Waals surface area contributed by atoms with Crippen LogP contribution in [0, 0.1) is 72.3 Å². The zero-order valence-electron chi connectivity index (χ0n) is 64.4. The van der Waals surface area contributed by atoms with E-state index in [1.807, 2.05) is 116 Å². The number of aryl methyl sites for hydroxylation is 5. The molecule has 0 bridgehead atoms. The number of aromatic hydroxyl groups is 2. The van der Waals surface area contributed by atoms with Gasteiger partial charge >= 0.3 is 11.3 Å². The van der Waals surface area contributed by atoms with Gasteiger partial charge in [-0.05, 0) is 214 Å². The lowest BCUT2D eigenvalue weighted by Gasteiger charge is -2.21. The number of hydrogen-bond donors (Lipinski definition) is 5. The van der Waals surface area contributed by atoms with Crippen LogP contribution in [-0.2, 0) is 25.7 Å². The number of anilines is 2. The van der Waals surface area contributed by atoms with Crippen molar-refractivity contribution in [2.24, 2.45) is 41.4 Å². The number of nitrogen functional groups attached to an aromatic ring is 2. The van der Waals surface area contributed by atoms with E-state index in [1.54, 1.807) is 24.3 Å². The van der Waals surface area contributed by atoms with Gasteiger partial charge in [0.05, 0.1) is 22.2 Å². The fourth-order valence-electron chi connectivity index (χ4n) is 15.1. The monoisotopic (exact) mass is 1500 g/mol. The van der Waals surface area contributed by atoms with Crippen LogP contribution >= 0.6 is 0 Å². The van der Waals surface area contributed by atoms with E-state index in [0.29, 0.717) is 80.7 Å². The standard InChI is InChI=1S/C22H26O3.C21H25NO3.C11H14O.C11H12O.C10H9NO3.C10H11NO.C10H10O/c1-14-7-6-8-16(13-14)19(15-11-12-15)20-21(23)17-9-4-2-3-5-10-18(17)25-22(20)24;22-15-7-5-6-14(12-15)18(13-10-11-13)19-20(23)16-8-3-1-2-4-9-17(16)25-21(19)24;2*1-8-3-2-4-10(7-8)11(12)9-5-6-9;12-10(7-4-5-7)8-2-1-3-9(6-8)11(13)14;11-9-3-1-2-8(6-9)10(12)7-4-5-7;11-10(9-6-7-9)8-4-2-1-3-5-8/h6-8,13,15,19,23H,2-5,9-12H2,1H3;5-7,12-13,18,23H,1-4,8-11,22H2;2-4,7,9,11-12H,5-6H2,1H3;2-4,7,9H,5-6H2,1H3;1-3,6-7H,4-5H2;1-3,6-7H,4-5,11H2;1-5,9H,6-7H2. The first-order valence-corrected chi connectivity index (χ1v) is 40.5. The third kappa shape index (κ3) is 22.7. The number of non-ortho nitro benzene ring substituents is 1. The van der Waals surface area contributed by atoms with Crippen LogP contribution in [0.5, 0.6) is 11.5 Å². The molecule has 7 fully saturated rings. The van der Waals surface area contributed by atoms with Crippen molar-refractivity contribution < 1.29 is 48.3 Å². The van der Waals surface area contributed by atoms with Crippen LogP contribution in [0.4, 0.5) is 17.1 Å². The molecule has 2 heterocycles. The molecule has 0 saturated heterocycles. The Balaban J connectivity index is 0.000000124. The Labute approximate surface area is 651 Å². The Kier molecular flexibility index (Phi) is 27.2. The van der Waals surface area contributed by atoms with E-state index in [-0.39, 0.29) is 69.8 Å². The molecule has 9 aliphatic rings. The number of hydrogen-bond acceptors (Lipinski definition) is 15. The molecule has 7 saturated carbocycles. The van der Waals surface area contributed by atoms with Gasteiger partial charge < -0.3 is 35.6 Å². The lowest BCUT2D eigenvalue weighted by Crippen LogP contribution is -2.19. The molecule has 9 aromatic rings. The molecule has 2 aromatic heterocycles. The van der Waals surface area contributed by atoms with Gasteiger partial charge in [0.2, 0.25) is 0 Å². The molecule has 580 valence electrons. The number of rotatable bonds is 17. The number of nitro groups is 1. The Hall–Kier alpha value is -10.3. The summed E-state index contributed by atoms with van der Waals surface area (Å²) < 4.78 is 11.5. The van der Waals surface area contributed by atoms with E-state index in [0.717, 1.165) is 186 Å². The number of aliphatic hydroxyl groups is 1. The first-order valence-electron chi connectivity index (χ1n) is 40.5. The lowest BCUT2D eigenvalue weighted by atomic mass is 9.85. The van der Waals surface area contributed by atoms with E-state index >= 15 is 0 Å². The van der Waals surface area contributed by atoms with Crippen LogP contribution in [0.3, 0.4) is 0 Å². The maximum absolute atomic E-state index is 12.8. The molecule has 111 heavy (non-hydrogen) atoms. The predicted molar refractivity (Wildman–Crippen MR) is 435 cm³/mol. The smallest absolute Gasteiger partial charge is 0.343 e. The predicted octanol–water partition coefficient (Wildman–Crippen LogP) is 20.3. The molecule has 0 aliphatic heterocycles. The van der Waals surface area contributed by atoms with Crippen LogP contribution in [0.25, 0.3) is 0 Å². The molecule has 7 aromatic carbocycles. The minimum absolute atomic E-state index is 0.0171. The van der Waals surface area contributed by atoms with E-state index in [4.69, 9.17) is 20.3 Å². The number of ketones is 4. The lowest BCUT2D eigenvalue weighted by molar-refractivity contribution is -0.384. The molecular weight excluding hydrogens is 1390 g/mol. The Bertz CT molecular complexity index is 4670. The van der Waals surface area contributed by atoms with E-state index in [2.05, 4.69) is 44.2 Å². The summed E-state index contributed by atoms with van der Waals surface area (Å²) in [5.41, 5.74) is 24.6. The fraction of sp³-hybridized carbons (Fsp3) is 0.411. The number of carbonyl (C=O) groups is 4. The summed E-state index contributed by atoms with van der Waals surface area (Å²) in [5.74, 6) is 4.98. The van der Waals surface area contributed by atoms with Crippen molar-refractivity contribution in [1.82, 2.24) is 0 Å². The molecule has 18 rings (SSSR count). The highest BCUT2D eigenvalue weighted by Crippen LogP contribution is 2.51. The normalized spacial score (nSPS) is 17.6. The highest BCUT2D eigenvalue weighted by atomic mass is 16.6. The number of Topliss-reactive ketones (excluding diaryl/α,β-unsaturated/α-hetero) is 4. The zero-order chi connectivity index (χ0) is 78.2. The van der Waals surface area contributed by atoms with Crippen LogP contribution in [0.1, 0.15) is 268 Å². The van der Waals surface area contributed by atoms with E-state index < -0.39 is 4.92 Å².